The van der Waals surface area contributed by atoms with Crippen LogP contribution in [0.15, 0.2) is 18.2 Å². The molecule has 0 bridgehead atoms. The Hall–Kier alpha value is -1.62. The van der Waals surface area contributed by atoms with Gasteiger partial charge in [0.2, 0.25) is 0 Å². The third-order valence-corrected chi connectivity index (χ3v) is 3.05. The lowest BCUT2D eigenvalue weighted by molar-refractivity contribution is -0.127. The highest BCUT2D eigenvalue weighted by atomic mass is 19.1. The Morgan fingerprint density at radius 2 is 2.10 bits per heavy atom. The molecule has 1 rings (SSSR count). The average molecular weight is 282 g/mol. The Kier molecular flexibility index (Phi) is 6.45. The van der Waals surface area contributed by atoms with Gasteiger partial charge in [0.05, 0.1) is 0 Å². The first-order valence-corrected chi connectivity index (χ1v) is 6.92. The van der Waals surface area contributed by atoms with Crippen molar-refractivity contribution < 1.29 is 13.9 Å². The van der Waals surface area contributed by atoms with Crippen molar-refractivity contribution in [3.05, 3.63) is 29.6 Å². The fourth-order valence-corrected chi connectivity index (χ4v) is 1.72. The van der Waals surface area contributed by atoms with Gasteiger partial charge in [0.1, 0.15) is 11.6 Å². The van der Waals surface area contributed by atoms with Crippen LogP contribution < -0.4 is 15.8 Å². The van der Waals surface area contributed by atoms with Crippen molar-refractivity contribution in [2.45, 2.75) is 45.8 Å². The van der Waals surface area contributed by atoms with Crippen LogP contribution in [0.1, 0.15) is 32.8 Å². The quantitative estimate of drug-likeness (QED) is 0.804. The van der Waals surface area contributed by atoms with Crippen molar-refractivity contribution >= 4 is 5.91 Å². The SMILES string of the molecule is CCC(C)NC(=O)C(C)Oc1cc(F)cc(CCN)c1. The summed E-state index contributed by atoms with van der Waals surface area (Å²) in [5.74, 6) is -0.246. The van der Waals surface area contributed by atoms with Gasteiger partial charge >= 0.3 is 0 Å². The summed E-state index contributed by atoms with van der Waals surface area (Å²) in [6.45, 7) is 5.99. The summed E-state index contributed by atoms with van der Waals surface area (Å²) < 4.78 is 18.9. The molecule has 0 spiro atoms. The number of carbonyl (C=O) groups excluding carboxylic acids is 1. The van der Waals surface area contributed by atoms with Crippen LogP contribution in [-0.2, 0) is 11.2 Å². The second-order valence-electron chi connectivity index (χ2n) is 4.91. The fourth-order valence-electron chi connectivity index (χ4n) is 1.72. The van der Waals surface area contributed by atoms with E-state index in [2.05, 4.69) is 5.32 Å². The molecule has 4 nitrogen and oxygen atoms in total. The molecule has 112 valence electrons. The number of nitrogens with one attached hydrogen (secondary N) is 1. The van der Waals surface area contributed by atoms with Gasteiger partial charge < -0.3 is 15.8 Å². The number of hydrogen-bond donors (Lipinski definition) is 2. The van der Waals surface area contributed by atoms with E-state index in [9.17, 15) is 9.18 Å². The van der Waals surface area contributed by atoms with Gasteiger partial charge in [0.25, 0.3) is 5.91 Å². The van der Waals surface area contributed by atoms with Crippen LogP contribution in [0.25, 0.3) is 0 Å². The highest BCUT2D eigenvalue weighted by Gasteiger charge is 2.16. The third kappa shape index (κ3) is 5.17. The molecule has 0 saturated carbocycles. The van der Waals surface area contributed by atoms with Crippen LogP contribution in [-0.4, -0.2) is 24.6 Å². The molecule has 1 amide bonds. The first-order valence-electron chi connectivity index (χ1n) is 6.92. The van der Waals surface area contributed by atoms with E-state index in [1.165, 1.54) is 12.1 Å². The molecule has 2 unspecified atom stereocenters. The van der Waals surface area contributed by atoms with Gasteiger partial charge in [0.15, 0.2) is 6.10 Å². The van der Waals surface area contributed by atoms with E-state index in [4.69, 9.17) is 10.5 Å². The van der Waals surface area contributed by atoms with E-state index in [0.717, 1.165) is 12.0 Å². The molecule has 0 fully saturated rings. The van der Waals surface area contributed by atoms with E-state index in [1.54, 1.807) is 13.0 Å². The van der Waals surface area contributed by atoms with Crippen molar-refractivity contribution in [3.8, 4) is 5.75 Å². The van der Waals surface area contributed by atoms with Crippen LogP contribution in [0.2, 0.25) is 0 Å². The van der Waals surface area contributed by atoms with Crippen molar-refractivity contribution in [3.63, 3.8) is 0 Å². The first kappa shape index (κ1) is 16.4. The summed E-state index contributed by atoms with van der Waals surface area (Å²) in [4.78, 5) is 11.9. The Labute approximate surface area is 119 Å². The maximum absolute atomic E-state index is 13.4. The molecular formula is C15H23FN2O2. The number of ether oxygens (including phenoxy) is 1. The molecule has 3 N–H and O–H groups in total. The van der Waals surface area contributed by atoms with Gasteiger partial charge in [-0.05, 0) is 50.9 Å². The second kappa shape index (κ2) is 7.85. The summed E-state index contributed by atoms with van der Waals surface area (Å²) in [5, 5.41) is 2.83. The number of amides is 1. The number of rotatable bonds is 7. The zero-order valence-electron chi connectivity index (χ0n) is 12.3. The predicted molar refractivity (Wildman–Crippen MR) is 77.1 cm³/mol. The summed E-state index contributed by atoms with van der Waals surface area (Å²) in [7, 11) is 0. The normalized spacial score (nSPS) is 13.7. The largest absolute Gasteiger partial charge is 0.481 e. The van der Waals surface area contributed by atoms with E-state index < -0.39 is 6.10 Å². The minimum atomic E-state index is -0.670. The smallest absolute Gasteiger partial charge is 0.260 e. The Morgan fingerprint density at radius 3 is 2.70 bits per heavy atom. The first-order chi connectivity index (χ1) is 9.46. The standard InChI is InChI=1S/C15H23FN2O2/c1-4-10(2)18-15(19)11(3)20-14-8-12(5-6-17)7-13(16)9-14/h7-11H,4-6,17H2,1-3H3,(H,18,19). The summed E-state index contributed by atoms with van der Waals surface area (Å²) >= 11 is 0. The molecule has 0 aromatic heterocycles. The lowest BCUT2D eigenvalue weighted by Crippen LogP contribution is -2.41. The van der Waals surface area contributed by atoms with Crippen molar-refractivity contribution in [2.24, 2.45) is 5.73 Å². The Balaban J connectivity index is 2.69. The molecule has 0 aliphatic rings. The molecule has 0 aliphatic heterocycles. The van der Waals surface area contributed by atoms with Gasteiger partial charge in [-0.2, -0.15) is 0 Å². The molecule has 0 aliphatic carbocycles. The molecule has 2 atom stereocenters. The highest BCUT2D eigenvalue weighted by Crippen LogP contribution is 2.18. The maximum Gasteiger partial charge on any atom is 0.260 e. The molecule has 20 heavy (non-hydrogen) atoms. The minimum Gasteiger partial charge on any atom is -0.481 e. The summed E-state index contributed by atoms with van der Waals surface area (Å²) in [6, 6.07) is 4.49. The number of halogens is 1. The molecule has 0 radical (unpaired) electrons. The van der Waals surface area contributed by atoms with Crippen LogP contribution >= 0.6 is 0 Å². The molecule has 1 aromatic carbocycles. The van der Waals surface area contributed by atoms with Gasteiger partial charge in [-0.3, -0.25) is 4.79 Å². The Bertz CT molecular complexity index is 451. The van der Waals surface area contributed by atoms with Crippen molar-refractivity contribution in [1.82, 2.24) is 5.32 Å². The van der Waals surface area contributed by atoms with Crippen molar-refractivity contribution in [1.29, 1.82) is 0 Å². The van der Waals surface area contributed by atoms with Crippen LogP contribution in [0.3, 0.4) is 0 Å². The zero-order valence-corrected chi connectivity index (χ0v) is 12.3. The van der Waals surface area contributed by atoms with E-state index in [0.29, 0.717) is 18.7 Å². The van der Waals surface area contributed by atoms with Crippen LogP contribution in [0, 0.1) is 5.82 Å². The predicted octanol–water partition coefficient (Wildman–Crippen LogP) is 2.01. The van der Waals surface area contributed by atoms with E-state index in [-0.39, 0.29) is 17.8 Å². The van der Waals surface area contributed by atoms with Gasteiger partial charge in [-0.1, -0.05) is 6.92 Å². The third-order valence-electron chi connectivity index (χ3n) is 3.05. The average Bonchev–Trinajstić information content (AvgIpc) is 2.38. The molecule has 1 aromatic rings. The zero-order chi connectivity index (χ0) is 15.1. The summed E-state index contributed by atoms with van der Waals surface area (Å²) in [5.41, 5.74) is 6.21. The van der Waals surface area contributed by atoms with Crippen LogP contribution in [0.5, 0.6) is 5.75 Å². The Morgan fingerprint density at radius 1 is 1.40 bits per heavy atom. The highest BCUT2D eigenvalue weighted by molar-refractivity contribution is 5.80. The summed E-state index contributed by atoms with van der Waals surface area (Å²) in [6.07, 6.45) is 0.747. The molecule has 5 heteroatoms. The lowest BCUT2D eigenvalue weighted by Gasteiger charge is -2.18. The molecule has 0 heterocycles. The topological polar surface area (TPSA) is 64.3 Å². The van der Waals surface area contributed by atoms with Gasteiger partial charge in [0, 0.05) is 12.1 Å². The van der Waals surface area contributed by atoms with Crippen LogP contribution in [0.4, 0.5) is 4.39 Å². The number of nitrogens with two attached hydrogens (primary N) is 1. The minimum absolute atomic E-state index is 0.0915. The van der Waals surface area contributed by atoms with E-state index in [1.807, 2.05) is 13.8 Å². The van der Waals surface area contributed by atoms with E-state index >= 15 is 0 Å². The van der Waals surface area contributed by atoms with Crippen molar-refractivity contribution in [2.75, 3.05) is 6.54 Å². The monoisotopic (exact) mass is 282 g/mol. The molecule has 0 saturated heterocycles. The molecular weight excluding hydrogens is 259 g/mol. The maximum atomic E-state index is 13.4. The lowest BCUT2D eigenvalue weighted by atomic mass is 10.1. The van der Waals surface area contributed by atoms with Gasteiger partial charge in [-0.25, -0.2) is 4.39 Å². The number of carbonyl (C=O) groups is 1. The number of benzene rings is 1. The number of hydrogen-bond acceptors (Lipinski definition) is 3. The second-order valence-corrected chi connectivity index (χ2v) is 4.91. The van der Waals surface area contributed by atoms with Gasteiger partial charge in [-0.15, -0.1) is 0 Å². The fraction of sp³-hybridized carbons (Fsp3) is 0.533.